The van der Waals surface area contributed by atoms with Crippen molar-refractivity contribution in [3.8, 4) is 0 Å². The molecule has 0 bridgehead atoms. The Kier molecular flexibility index (Phi) is 2.33. The fourth-order valence-corrected chi connectivity index (χ4v) is 1.96. The van der Waals surface area contributed by atoms with E-state index in [1.54, 1.807) is 0 Å². The molecule has 0 nitrogen and oxygen atoms in total. The fourth-order valence-electron chi connectivity index (χ4n) is 1.23. The highest BCUT2D eigenvalue weighted by Gasteiger charge is 2.01. The molecule has 1 aromatic carbocycles. The molecule has 60 valence electrons. The maximum absolute atomic E-state index is 2.19. The average Bonchev–Trinajstić information content (AvgIpc) is 2.21. The zero-order valence-electron chi connectivity index (χ0n) is 6.73. The van der Waals surface area contributed by atoms with E-state index in [0.717, 1.165) is 5.75 Å². The molecular formula is C11H10S. The van der Waals surface area contributed by atoms with Crippen molar-refractivity contribution in [3.05, 3.63) is 53.5 Å². The van der Waals surface area contributed by atoms with Gasteiger partial charge >= 0.3 is 0 Å². The summed E-state index contributed by atoms with van der Waals surface area (Å²) >= 11 is 1.85. The highest BCUT2D eigenvalue weighted by molar-refractivity contribution is 8.02. The van der Waals surface area contributed by atoms with E-state index in [1.807, 2.05) is 11.8 Å². The molecule has 0 aliphatic carbocycles. The summed E-state index contributed by atoms with van der Waals surface area (Å²) in [6, 6.07) is 10.5. The van der Waals surface area contributed by atoms with Crippen LogP contribution in [0, 0.1) is 0 Å². The predicted molar refractivity (Wildman–Crippen MR) is 56.0 cm³/mol. The summed E-state index contributed by atoms with van der Waals surface area (Å²) in [7, 11) is 0. The molecule has 0 amide bonds. The molecule has 0 atom stereocenters. The summed E-state index contributed by atoms with van der Waals surface area (Å²) in [5.74, 6) is 1.10. The van der Waals surface area contributed by atoms with Gasteiger partial charge in [-0.1, -0.05) is 42.5 Å². The molecule has 0 N–H and O–H groups in total. The third-order valence-corrected chi connectivity index (χ3v) is 2.68. The first kappa shape index (κ1) is 7.69. The molecule has 0 unspecified atom stereocenters. The predicted octanol–water partition coefficient (Wildman–Crippen LogP) is 3.33. The SMILES string of the molecule is C1=CSCC(c2ccccc2)=C1. The Morgan fingerprint density at radius 2 is 1.92 bits per heavy atom. The van der Waals surface area contributed by atoms with Crippen LogP contribution in [-0.2, 0) is 0 Å². The van der Waals surface area contributed by atoms with E-state index in [4.69, 9.17) is 0 Å². The van der Waals surface area contributed by atoms with Crippen LogP contribution in [0.2, 0.25) is 0 Å². The van der Waals surface area contributed by atoms with E-state index in [0.29, 0.717) is 0 Å². The summed E-state index contributed by atoms with van der Waals surface area (Å²) in [6.07, 6.45) is 4.29. The minimum Gasteiger partial charge on any atom is -0.129 e. The topological polar surface area (TPSA) is 0 Å². The van der Waals surface area contributed by atoms with Gasteiger partial charge in [0.2, 0.25) is 0 Å². The molecule has 2 rings (SSSR count). The molecule has 0 aromatic heterocycles. The lowest BCUT2D eigenvalue weighted by molar-refractivity contribution is 1.57. The van der Waals surface area contributed by atoms with E-state index in [1.165, 1.54) is 11.1 Å². The van der Waals surface area contributed by atoms with Gasteiger partial charge in [0.1, 0.15) is 0 Å². The third kappa shape index (κ3) is 1.62. The van der Waals surface area contributed by atoms with E-state index in [-0.39, 0.29) is 0 Å². The monoisotopic (exact) mass is 174 g/mol. The Bertz CT molecular complexity index is 309. The Morgan fingerprint density at radius 3 is 2.58 bits per heavy atom. The first-order chi connectivity index (χ1) is 5.97. The zero-order chi connectivity index (χ0) is 8.23. The molecule has 1 heterocycles. The molecule has 0 spiro atoms. The van der Waals surface area contributed by atoms with Gasteiger partial charge in [0.05, 0.1) is 0 Å². The van der Waals surface area contributed by atoms with Gasteiger partial charge < -0.3 is 0 Å². The van der Waals surface area contributed by atoms with E-state index in [9.17, 15) is 0 Å². The third-order valence-electron chi connectivity index (χ3n) is 1.86. The van der Waals surface area contributed by atoms with Crippen LogP contribution in [0.4, 0.5) is 0 Å². The van der Waals surface area contributed by atoms with Crippen molar-refractivity contribution in [2.75, 3.05) is 5.75 Å². The van der Waals surface area contributed by atoms with Gasteiger partial charge in [-0.2, -0.15) is 0 Å². The lowest BCUT2D eigenvalue weighted by atomic mass is 10.1. The summed E-state index contributed by atoms with van der Waals surface area (Å²) in [4.78, 5) is 0. The smallest absolute Gasteiger partial charge is 0.0231 e. The van der Waals surface area contributed by atoms with Gasteiger partial charge in [-0.25, -0.2) is 0 Å². The van der Waals surface area contributed by atoms with Crippen molar-refractivity contribution in [2.45, 2.75) is 0 Å². The van der Waals surface area contributed by atoms with Crippen molar-refractivity contribution in [1.29, 1.82) is 0 Å². The summed E-state index contributed by atoms with van der Waals surface area (Å²) in [5.41, 5.74) is 2.76. The van der Waals surface area contributed by atoms with E-state index >= 15 is 0 Å². The largest absolute Gasteiger partial charge is 0.129 e. The molecule has 1 heteroatoms. The van der Waals surface area contributed by atoms with Crippen LogP contribution in [0.15, 0.2) is 47.9 Å². The van der Waals surface area contributed by atoms with Crippen LogP contribution >= 0.6 is 11.8 Å². The van der Waals surface area contributed by atoms with Gasteiger partial charge in [0, 0.05) is 5.75 Å². The van der Waals surface area contributed by atoms with E-state index in [2.05, 4.69) is 47.9 Å². The number of benzene rings is 1. The second-order valence-electron chi connectivity index (χ2n) is 2.70. The molecule has 0 saturated heterocycles. The Balaban J connectivity index is 2.31. The molecular weight excluding hydrogens is 164 g/mol. The highest BCUT2D eigenvalue weighted by atomic mass is 32.2. The normalized spacial score (nSPS) is 15.8. The number of rotatable bonds is 1. The number of allylic oxidation sites excluding steroid dienone is 2. The van der Waals surface area contributed by atoms with Gasteiger partial charge in [-0.15, -0.1) is 11.8 Å². The number of hydrogen-bond donors (Lipinski definition) is 0. The Labute approximate surface area is 77.0 Å². The van der Waals surface area contributed by atoms with Gasteiger partial charge in [-0.3, -0.25) is 0 Å². The van der Waals surface area contributed by atoms with Crippen molar-refractivity contribution in [3.63, 3.8) is 0 Å². The second-order valence-corrected chi connectivity index (χ2v) is 3.59. The van der Waals surface area contributed by atoms with Gasteiger partial charge in [0.15, 0.2) is 0 Å². The average molecular weight is 174 g/mol. The maximum Gasteiger partial charge on any atom is 0.0231 e. The fraction of sp³-hybridized carbons (Fsp3) is 0.0909. The minimum atomic E-state index is 1.10. The molecule has 0 fully saturated rings. The van der Waals surface area contributed by atoms with Gasteiger partial charge in [0.25, 0.3) is 0 Å². The van der Waals surface area contributed by atoms with Gasteiger partial charge in [-0.05, 0) is 16.5 Å². The summed E-state index contributed by atoms with van der Waals surface area (Å²) in [5, 5.41) is 2.13. The standard InChI is InChI=1S/C11H10S/c1-2-5-10(6-3-1)11-7-4-8-12-9-11/h1-8H,9H2. The van der Waals surface area contributed by atoms with Crippen molar-refractivity contribution in [2.24, 2.45) is 0 Å². The lowest BCUT2D eigenvalue weighted by Crippen LogP contribution is -1.88. The minimum absolute atomic E-state index is 1.10. The zero-order valence-corrected chi connectivity index (χ0v) is 7.55. The Hall–Kier alpha value is -0.950. The molecule has 1 aromatic rings. The van der Waals surface area contributed by atoms with Crippen LogP contribution < -0.4 is 0 Å². The highest BCUT2D eigenvalue weighted by Crippen LogP contribution is 2.23. The van der Waals surface area contributed by atoms with Crippen LogP contribution in [0.3, 0.4) is 0 Å². The van der Waals surface area contributed by atoms with Crippen LogP contribution in [0.25, 0.3) is 5.57 Å². The van der Waals surface area contributed by atoms with Crippen molar-refractivity contribution in [1.82, 2.24) is 0 Å². The maximum atomic E-state index is 2.19. The molecule has 1 aliphatic rings. The lowest BCUT2D eigenvalue weighted by Gasteiger charge is -2.07. The van der Waals surface area contributed by atoms with Crippen molar-refractivity contribution < 1.29 is 0 Å². The summed E-state index contributed by atoms with van der Waals surface area (Å²) in [6.45, 7) is 0. The quantitative estimate of drug-likeness (QED) is 0.629. The van der Waals surface area contributed by atoms with Crippen LogP contribution in [-0.4, -0.2) is 5.75 Å². The van der Waals surface area contributed by atoms with E-state index < -0.39 is 0 Å². The molecule has 0 radical (unpaired) electrons. The van der Waals surface area contributed by atoms with Crippen LogP contribution in [0.5, 0.6) is 0 Å². The number of thioether (sulfide) groups is 1. The Morgan fingerprint density at radius 1 is 1.08 bits per heavy atom. The molecule has 1 aliphatic heterocycles. The second kappa shape index (κ2) is 3.63. The molecule has 12 heavy (non-hydrogen) atoms. The first-order valence-corrected chi connectivity index (χ1v) is 5.04. The number of hydrogen-bond acceptors (Lipinski definition) is 1. The van der Waals surface area contributed by atoms with Crippen molar-refractivity contribution >= 4 is 17.3 Å². The summed E-state index contributed by atoms with van der Waals surface area (Å²) < 4.78 is 0. The molecule has 0 saturated carbocycles. The first-order valence-electron chi connectivity index (χ1n) is 3.99. The van der Waals surface area contributed by atoms with Crippen LogP contribution in [0.1, 0.15) is 5.56 Å².